The van der Waals surface area contributed by atoms with E-state index in [0.717, 1.165) is 41.9 Å². The number of H-pyrrole nitrogens is 1. The molecule has 0 saturated carbocycles. The predicted molar refractivity (Wildman–Crippen MR) is 109 cm³/mol. The van der Waals surface area contributed by atoms with E-state index in [0.29, 0.717) is 17.3 Å². The summed E-state index contributed by atoms with van der Waals surface area (Å²) in [5.74, 6) is 2.04. The quantitative estimate of drug-likeness (QED) is 0.583. The molecule has 0 spiro atoms. The summed E-state index contributed by atoms with van der Waals surface area (Å²) in [6.07, 6.45) is 9.13. The molecule has 0 aliphatic carbocycles. The fourth-order valence-corrected chi connectivity index (χ4v) is 3.90. The Kier molecular flexibility index (Phi) is 4.31. The molecule has 5 heterocycles. The van der Waals surface area contributed by atoms with E-state index in [4.69, 9.17) is 0 Å². The maximum absolute atomic E-state index is 12.9. The molecule has 1 N–H and O–H groups in total. The molecule has 4 aromatic heterocycles. The SMILES string of the molecule is CC1CCCN(C(=O)c2cnc3c(ccn3-c3ccc(-c4nnc[nH]4)cn3)c2)C1. The number of hydrogen-bond acceptors (Lipinski definition) is 5. The molecule has 0 aromatic carbocycles. The Morgan fingerprint density at radius 2 is 2.14 bits per heavy atom. The number of pyridine rings is 2. The van der Waals surface area contributed by atoms with Crippen molar-refractivity contribution in [3.8, 4) is 17.2 Å². The number of aromatic amines is 1. The summed E-state index contributed by atoms with van der Waals surface area (Å²) in [7, 11) is 0. The van der Waals surface area contributed by atoms with Crippen LogP contribution in [-0.2, 0) is 0 Å². The van der Waals surface area contributed by atoms with Crippen LogP contribution in [-0.4, -0.2) is 53.6 Å². The number of amides is 1. The summed E-state index contributed by atoms with van der Waals surface area (Å²) >= 11 is 0. The minimum Gasteiger partial charge on any atom is -0.338 e. The smallest absolute Gasteiger partial charge is 0.255 e. The van der Waals surface area contributed by atoms with Crippen molar-refractivity contribution >= 4 is 16.9 Å². The van der Waals surface area contributed by atoms with Gasteiger partial charge < -0.3 is 9.88 Å². The second kappa shape index (κ2) is 7.12. The molecule has 4 aromatic rings. The fraction of sp³-hybridized carbons (Fsp3) is 0.286. The highest BCUT2D eigenvalue weighted by Crippen LogP contribution is 2.22. The number of carbonyl (C=O) groups excluding carboxylic acids is 1. The van der Waals surface area contributed by atoms with E-state index in [1.807, 2.05) is 39.9 Å². The van der Waals surface area contributed by atoms with Gasteiger partial charge in [0.05, 0.1) is 5.56 Å². The van der Waals surface area contributed by atoms with Gasteiger partial charge in [0.2, 0.25) is 0 Å². The summed E-state index contributed by atoms with van der Waals surface area (Å²) in [5, 5.41) is 8.71. The average molecular weight is 387 g/mol. The maximum atomic E-state index is 12.9. The lowest BCUT2D eigenvalue weighted by molar-refractivity contribution is 0.0683. The van der Waals surface area contributed by atoms with Crippen LogP contribution in [0.1, 0.15) is 30.1 Å². The molecule has 0 bridgehead atoms. The molecule has 1 fully saturated rings. The first kappa shape index (κ1) is 17.5. The number of rotatable bonds is 3. The van der Waals surface area contributed by atoms with Gasteiger partial charge >= 0.3 is 0 Å². The van der Waals surface area contributed by atoms with Crippen molar-refractivity contribution < 1.29 is 4.79 Å². The number of nitrogens with one attached hydrogen (secondary N) is 1. The summed E-state index contributed by atoms with van der Waals surface area (Å²) in [4.78, 5) is 26.9. The van der Waals surface area contributed by atoms with Crippen molar-refractivity contribution in [1.29, 1.82) is 0 Å². The third kappa shape index (κ3) is 3.26. The van der Waals surface area contributed by atoms with Gasteiger partial charge in [-0.2, -0.15) is 0 Å². The molecule has 5 rings (SSSR count). The zero-order valence-corrected chi connectivity index (χ0v) is 16.1. The lowest BCUT2D eigenvalue weighted by atomic mass is 9.99. The minimum atomic E-state index is 0.0632. The Bertz CT molecular complexity index is 1150. The lowest BCUT2D eigenvalue weighted by Gasteiger charge is -2.30. The molecule has 1 atom stereocenters. The van der Waals surface area contributed by atoms with Crippen LogP contribution in [0.15, 0.2) is 49.2 Å². The van der Waals surface area contributed by atoms with Crippen LogP contribution in [0.2, 0.25) is 0 Å². The van der Waals surface area contributed by atoms with Crippen LogP contribution in [0, 0.1) is 5.92 Å². The number of piperidine rings is 1. The average Bonchev–Trinajstić information content (AvgIpc) is 3.43. The first-order valence-electron chi connectivity index (χ1n) is 9.78. The van der Waals surface area contributed by atoms with Crippen molar-refractivity contribution in [1.82, 2.24) is 34.6 Å². The standard InChI is InChI=1S/C21H21N7O/c1-14-3-2-7-27(12-14)21(29)17-9-15-6-8-28(20(15)23-11-17)18-5-4-16(10-22-18)19-24-13-25-26-19/h4-6,8-11,13-14H,2-3,7,12H2,1H3,(H,24,25,26). The number of fused-ring (bicyclic) bond motifs is 1. The van der Waals surface area contributed by atoms with Gasteiger partial charge in [-0.05, 0) is 43.0 Å². The number of nitrogens with zero attached hydrogens (tertiary/aromatic N) is 6. The molecular formula is C21H21N7O. The van der Waals surface area contributed by atoms with Gasteiger partial charge in [0.1, 0.15) is 17.8 Å². The molecule has 1 saturated heterocycles. The van der Waals surface area contributed by atoms with Crippen LogP contribution in [0.25, 0.3) is 28.2 Å². The molecule has 8 heteroatoms. The van der Waals surface area contributed by atoms with Crippen molar-refractivity contribution in [3.05, 3.63) is 54.7 Å². The van der Waals surface area contributed by atoms with E-state index in [1.165, 1.54) is 12.7 Å². The van der Waals surface area contributed by atoms with Gasteiger partial charge in [0.25, 0.3) is 5.91 Å². The number of carbonyl (C=O) groups is 1. The Hall–Kier alpha value is -3.55. The first-order chi connectivity index (χ1) is 14.2. The Labute approximate surface area is 167 Å². The molecule has 1 unspecified atom stereocenters. The summed E-state index contributed by atoms with van der Waals surface area (Å²) in [5.41, 5.74) is 2.27. The summed E-state index contributed by atoms with van der Waals surface area (Å²) < 4.78 is 1.91. The summed E-state index contributed by atoms with van der Waals surface area (Å²) in [6, 6.07) is 7.73. The van der Waals surface area contributed by atoms with E-state index < -0.39 is 0 Å². The zero-order valence-electron chi connectivity index (χ0n) is 16.1. The van der Waals surface area contributed by atoms with Gasteiger partial charge in [0, 0.05) is 42.6 Å². The highest BCUT2D eigenvalue weighted by molar-refractivity contribution is 5.97. The molecule has 1 aliphatic rings. The van der Waals surface area contributed by atoms with Gasteiger partial charge in [-0.15, -0.1) is 10.2 Å². The predicted octanol–water partition coefficient (Wildman–Crippen LogP) is 3.08. The molecule has 1 amide bonds. The van der Waals surface area contributed by atoms with E-state index in [2.05, 4.69) is 32.1 Å². The van der Waals surface area contributed by atoms with Crippen LogP contribution in [0.5, 0.6) is 0 Å². The third-order valence-corrected chi connectivity index (χ3v) is 5.40. The zero-order chi connectivity index (χ0) is 19.8. The normalized spacial score (nSPS) is 17.0. The van der Waals surface area contributed by atoms with Gasteiger partial charge in [0.15, 0.2) is 5.82 Å². The van der Waals surface area contributed by atoms with Crippen molar-refractivity contribution in [3.63, 3.8) is 0 Å². The maximum Gasteiger partial charge on any atom is 0.255 e. The van der Waals surface area contributed by atoms with Gasteiger partial charge in [-0.1, -0.05) is 6.92 Å². The highest BCUT2D eigenvalue weighted by Gasteiger charge is 2.22. The van der Waals surface area contributed by atoms with Crippen molar-refractivity contribution in [2.75, 3.05) is 13.1 Å². The number of likely N-dealkylation sites (tertiary alicyclic amines) is 1. The van der Waals surface area contributed by atoms with E-state index in [-0.39, 0.29) is 5.91 Å². The van der Waals surface area contributed by atoms with Crippen LogP contribution >= 0.6 is 0 Å². The van der Waals surface area contributed by atoms with E-state index in [9.17, 15) is 4.79 Å². The number of aromatic nitrogens is 6. The minimum absolute atomic E-state index is 0.0632. The topological polar surface area (TPSA) is 92.6 Å². The fourth-order valence-electron chi connectivity index (χ4n) is 3.90. The van der Waals surface area contributed by atoms with Crippen LogP contribution in [0.3, 0.4) is 0 Å². The molecule has 0 radical (unpaired) electrons. The van der Waals surface area contributed by atoms with Crippen molar-refractivity contribution in [2.24, 2.45) is 5.92 Å². The van der Waals surface area contributed by atoms with E-state index >= 15 is 0 Å². The van der Waals surface area contributed by atoms with Crippen LogP contribution in [0.4, 0.5) is 0 Å². The molecule has 8 nitrogen and oxygen atoms in total. The second-order valence-corrected chi connectivity index (χ2v) is 7.56. The monoisotopic (exact) mass is 387 g/mol. The van der Waals surface area contributed by atoms with Crippen molar-refractivity contribution in [2.45, 2.75) is 19.8 Å². The van der Waals surface area contributed by atoms with Crippen LogP contribution < -0.4 is 0 Å². The van der Waals surface area contributed by atoms with Gasteiger partial charge in [-0.3, -0.25) is 9.36 Å². The lowest BCUT2D eigenvalue weighted by Crippen LogP contribution is -2.39. The number of hydrogen-bond donors (Lipinski definition) is 1. The third-order valence-electron chi connectivity index (χ3n) is 5.40. The Morgan fingerprint density at radius 3 is 2.90 bits per heavy atom. The molecule has 1 aliphatic heterocycles. The molecule has 146 valence electrons. The second-order valence-electron chi connectivity index (χ2n) is 7.56. The highest BCUT2D eigenvalue weighted by atomic mass is 16.2. The molecule has 29 heavy (non-hydrogen) atoms. The first-order valence-corrected chi connectivity index (χ1v) is 9.78. The van der Waals surface area contributed by atoms with Gasteiger partial charge in [-0.25, -0.2) is 9.97 Å². The molecular weight excluding hydrogens is 366 g/mol. The van der Waals surface area contributed by atoms with E-state index in [1.54, 1.807) is 12.4 Å². The summed E-state index contributed by atoms with van der Waals surface area (Å²) in [6.45, 7) is 3.84. The Balaban J connectivity index is 1.43. The largest absolute Gasteiger partial charge is 0.338 e. The Morgan fingerprint density at radius 1 is 1.21 bits per heavy atom.